The molecule has 0 N–H and O–H groups in total. The van der Waals surface area contributed by atoms with Gasteiger partial charge in [0.05, 0.1) is 4.92 Å². The van der Waals surface area contributed by atoms with Gasteiger partial charge in [-0.3, -0.25) is 15.0 Å². The Morgan fingerprint density at radius 1 is 1.47 bits per heavy atom. The van der Waals surface area contributed by atoms with Gasteiger partial charge in [0, 0.05) is 18.7 Å². The van der Waals surface area contributed by atoms with Gasteiger partial charge in [-0.15, -0.1) is 0 Å². The Hall–Kier alpha value is -1.13. The second-order valence-corrected chi connectivity index (χ2v) is 5.90. The van der Waals surface area contributed by atoms with Gasteiger partial charge in [0.25, 0.3) is 5.69 Å². The van der Waals surface area contributed by atoms with Crippen LogP contribution in [-0.4, -0.2) is 22.4 Å². The number of benzene rings is 1. The lowest BCUT2D eigenvalue weighted by Crippen LogP contribution is -2.39. The lowest BCUT2D eigenvalue weighted by atomic mass is 9.93. The van der Waals surface area contributed by atoms with Crippen LogP contribution < -0.4 is 0 Å². The van der Waals surface area contributed by atoms with E-state index >= 15 is 0 Å². The third-order valence-electron chi connectivity index (χ3n) is 3.87. The first-order chi connectivity index (χ1) is 8.97. The molecule has 0 amide bonds. The Morgan fingerprint density at radius 2 is 2.21 bits per heavy atom. The van der Waals surface area contributed by atoms with Crippen LogP contribution in [0.15, 0.2) is 18.2 Å². The van der Waals surface area contributed by atoms with E-state index in [-0.39, 0.29) is 10.7 Å². The van der Waals surface area contributed by atoms with Crippen molar-refractivity contribution in [2.45, 2.75) is 39.3 Å². The van der Waals surface area contributed by atoms with Crippen LogP contribution in [0.5, 0.6) is 0 Å². The Morgan fingerprint density at radius 3 is 2.84 bits per heavy atom. The second-order valence-electron chi connectivity index (χ2n) is 5.49. The van der Waals surface area contributed by atoms with Crippen LogP contribution in [-0.2, 0) is 6.54 Å². The highest BCUT2D eigenvalue weighted by Crippen LogP contribution is 2.28. The van der Waals surface area contributed by atoms with Crippen LogP contribution >= 0.6 is 11.6 Å². The molecular formula is C14H19ClN2O2. The summed E-state index contributed by atoms with van der Waals surface area (Å²) in [6, 6.07) is 5.61. The van der Waals surface area contributed by atoms with Gasteiger partial charge in [0.1, 0.15) is 5.02 Å². The predicted octanol–water partition coefficient (Wildman–Crippen LogP) is 3.87. The van der Waals surface area contributed by atoms with Crippen molar-refractivity contribution in [3.8, 4) is 0 Å². The highest BCUT2D eigenvalue weighted by molar-refractivity contribution is 6.32. The molecule has 5 heteroatoms. The summed E-state index contributed by atoms with van der Waals surface area (Å²) in [5, 5.41) is 11.1. The average molecular weight is 283 g/mol. The summed E-state index contributed by atoms with van der Waals surface area (Å²) in [7, 11) is 0. The molecule has 0 saturated carbocycles. The monoisotopic (exact) mass is 282 g/mol. The van der Waals surface area contributed by atoms with Gasteiger partial charge in [-0.05, 0) is 43.9 Å². The van der Waals surface area contributed by atoms with Gasteiger partial charge >= 0.3 is 0 Å². The molecule has 1 aliphatic rings. The van der Waals surface area contributed by atoms with Crippen LogP contribution in [0.4, 0.5) is 5.69 Å². The fourth-order valence-corrected chi connectivity index (χ4v) is 2.91. The summed E-state index contributed by atoms with van der Waals surface area (Å²) in [4.78, 5) is 12.8. The summed E-state index contributed by atoms with van der Waals surface area (Å²) in [6.45, 7) is 6.31. The molecule has 0 spiro atoms. The number of nitro groups is 1. The zero-order valence-corrected chi connectivity index (χ0v) is 12.1. The molecular weight excluding hydrogens is 264 g/mol. The lowest BCUT2D eigenvalue weighted by molar-refractivity contribution is -0.384. The first kappa shape index (κ1) is 14.3. The zero-order chi connectivity index (χ0) is 14.0. The van der Waals surface area contributed by atoms with Crippen molar-refractivity contribution < 1.29 is 4.92 Å². The van der Waals surface area contributed by atoms with E-state index in [1.165, 1.54) is 12.8 Å². The van der Waals surface area contributed by atoms with Gasteiger partial charge in [-0.2, -0.15) is 0 Å². The Kier molecular flexibility index (Phi) is 4.42. The second kappa shape index (κ2) is 5.88. The first-order valence-corrected chi connectivity index (χ1v) is 7.02. The molecule has 0 bridgehead atoms. The maximum absolute atomic E-state index is 10.9. The molecule has 1 saturated heterocycles. The van der Waals surface area contributed by atoms with E-state index in [0.717, 1.165) is 24.6 Å². The van der Waals surface area contributed by atoms with Crippen LogP contribution in [0.25, 0.3) is 0 Å². The SMILES string of the molecule is CC1CCN(Cc2ccc(Cl)c([N+](=O)[O-])c2)C(C)C1. The lowest BCUT2D eigenvalue weighted by Gasteiger charge is -2.36. The van der Waals surface area contributed by atoms with Crippen molar-refractivity contribution >= 4 is 17.3 Å². The van der Waals surface area contributed by atoms with Crippen molar-refractivity contribution in [2.75, 3.05) is 6.54 Å². The standard InChI is InChI=1S/C14H19ClN2O2/c1-10-5-6-16(11(2)7-10)9-12-3-4-13(15)14(8-12)17(18)19/h3-4,8,10-11H,5-7,9H2,1-2H3. The van der Waals surface area contributed by atoms with Crippen molar-refractivity contribution in [1.29, 1.82) is 0 Å². The number of hydrogen-bond donors (Lipinski definition) is 0. The molecule has 1 aromatic carbocycles. The van der Waals surface area contributed by atoms with Crippen molar-refractivity contribution in [2.24, 2.45) is 5.92 Å². The molecule has 0 radical (unpaired) electrons. The van der Waals surface area contributed by atoms with Gasteiger partial charge in [0.2, 0.25) is 0 Å². The topological polar surface area (TPSA) is 46.4 Å². The molecule has 2 atom stereocenters. The maximum atomic E-state index is 10.9. The number of rotatable bonds is 3. The smallest absolute Gasteiger partial charge is 0.288 e. The fourth-order valence-electron chi connectivity index (χ4n) is 2.72. The molecule has 104 valence electrons. The highest BCUT2D eigenvalue weighted by atomic mass is 35.5. The number of halogens is 1. The van der Waals surface area contributed by atoms with E-state index in [9.17, 15) is 10.1 Å². The molecule has 1 heterocycles. The molecule has 19 heavy (non-hydrogen) atoms. The zero-order valence-electron chi connectivity index (χ0n) is 11.3. The van der Waals surface area contributed by atoms with Gasteiger partial charge < -0.3 is 0 Å². The molecule has 1 aliphatic heterocycles. The van der Waals surface area contributed by atoms with E-state index in [4.69, 9.17) is 11.6 Å². The number of hydrogen-bond acceptors (Lipinski definition) is 3. The fraction of sp³-hybridized carbons (Fsp3) is 0.571. The minimum Gasteiger partial charge on any atom is -0.296 e. The minimum atomic E-state index is -0.423. The van der Waals surface area contributed by atoms with E-state index in [1.54, 1.807) is 12.1 Å². The Labute approximate surface area is 118 Å². The Balaban J connectivity index is 2.11. The summed E-state index contributed by atoms with van der Waals surface area (Å²) in [5.41, 5.74) is 0.953. The summed E-state index contributed by atoms with van der Waals surface area (Å²) in [6.07, 6.45) is 2.38. The normalized spacial score (nSPS) is 24.4. The molecule has 1 fully saturated rings. The summed E-state index contributed by atoms with van der Waals surface area (Å²) < 4.78 is 0. The molecule has 1 aromatic rings. The van der Waals surface area contributed by atoms with Crippen molar-refractivity contribution in [1.82, 2.24) is 4.90 Å². The number of nitro benzene ring substituents is 1. The number of piperidine rings is 1. The highest BCUT2D eigenvalue weighted by Gasteiger charge is 2.23. The van der Waals surface area contributed by atoms with E-state index < -0.39 is 4.92 Å². The summed E-state index contributed by atoms with van der Waals surface area (Å²) >= 11 is 5.83. The number of likely N-dealkylation sites (tertiary alicyclic amines) is 1. The molecule has 4 nitrogen and oxygen atoms in total. The average Bonchev–Trinajstić information content (AvgIpc) is 2.34. The molecule has 2 unspecified atom stereocenters. The molecule has 0 aromatic heterocycles. The minimum absolute atomic E-state index is 0.00260. The molecule has 0 aliphatic carbocycles. The quantitative estimate of drug-likeness (QED) is 0.624. The summed E-state index contributed by atoms with van der Waals surface area (Å²) in [5.74, 6) is 0.769. The van der Waals surface area contributed by atoms with Crippen LogP contribution in [0, 0.1) is 16.0 Å². The molecule has 2 rings (SSSR count). The van der Waals surface area contributed by atoms with Gasteiger partial charge in [-0.1, -0.05) is 24.6 Å². The van der Waals surface area contributed by atoms with Gasteiger partial charge in [0.15, 0.2) is 0 Å². The van der Waals surface area contributed by atoms with E-state index in [2.05, 4.69) is 18.7 Å². The van der Waals surface area contributed by atoms with Crippen LogP contribution in [0.2, 0.25) is 5.02 Å². The Bertz CT molecular complexity index is 479. The predicted molar refractivity (Wildman–Crippen MR) is 76.4 cm³/mol. The van der Waals surface area contributed by atoms with Gasteiger partial charge in [-0.25, -0.2) is 0 Å². The van der Waals surface area contributed by atoms with Crippen LogP contribution in [0.1, 0.15) is 32.3 Å². The van der Waals surface area contributed by atoms with E-state index in [0.29, 0.717) is 6.04 Å². The third kappa shape index (κ3) is 3.45. The number of nitrogens with zero attached hydrogens (tertiary/aromatic N) is 2. The van der Waals surface area contributed by atoms with E-state index in [1.807, 2.05) is 6.07 Å². The maximum Gasteiger partial charge on any atom is 0.288 e. The largest absolute Gasteiger partial charge is 0.296 e. The first-order valence-electron chi connectivity index (χ1n) is 6.64. The third-order valence-corrected chi connectivity index (χ3v) is 4.19. The van der Waals surface area contributed by atoms with Crippen molar-refractivity contribution in [3.63, 3.8) is 0 Å². The van der Waals surface area contributed by atoms with Crippen molar-refractivity contribution in [3.05, 3.63) is 38.9 Å². The van der Waals surface area contributed by atoms with Crippen LogP contribution in [0.3, 0.4) is 0 Å².